The third-order valence-corrected chi connectivity index (χ3v) is 4.66. The summed E-state index contributed by atoms with van der Waals surface area (Å²) in [4.78, 5) is 6.87. The number of nitrogens with zero attached hydrogens (tertiary/aromatic N) is 2. The fourth-order valence-electron chi connectivity index (χ4n) is 2.54. The van der Waals surface area contributed by atoms with E-state index in [4.69, 9.17) is 0 Å². The summed E-state index contributed by atoms with van der Waals surface area (Å²) in [7, 11) is 2.21. The molecule has 3 rings (SSSR count). The molecule has 2 aromatic heterocycles. The Morgan fingerprint density at radius 1 is 1.39 bits per heavy atom. The van der Waals surface area contributed by atoms with Crippen LogP contribution in [-0.4, -0.2) is 36.6 Å². The van der Waals surface area contributed by atoms with Gasteiger partial charge in [0.15, 0.2) is 0 Å². The maximum Gasteiger partial charge on any atom is 0.134 e. The number of anilines is 1. The van der Waals surface area contributed by atoms with Gasteiger partial charge in [0.2, 0.25) is 0 Å². The largest absolute Gasteiger partial charge is 0.369 e. The first-order valence-electron chi connectivity index (χ1n) is 6.57. The molecule has 0 amide bonds. The van der Waals surface area contributed by atoms with Crippen LogP contribution in [0.25, 0.3) is 10.1 Å². The molecule has 1 saturated heterocycles. The first-order valence-corrected chi connectivity index (χ1v) is 7.45. The van der Waals surface area contributed by atoms with E-state index in [1.165, 1.54) is 36.0 Å². The molecule has 0 aromatic carbocycles. The number of hydrogen-bond acceptors (Lipinski definition) is 4. The Morgan fingerprint density at radius 2 is 2.22 bits per heavy atom. The normalized spacial score (nSPS) is 18.3. The lowest BCUT2D eigenvalue weighted by atomic mass is 9.97. The molecule has 1 fully saturated rings. The van der Waals surface area contributed by atoms with E-state index in [1.807, 2.05) is 6.20 Å². The van der Waals surface area contributed by atoms with Gasteiger partial charge in [-0.2, -0.15) is 0 Å². The molecule has 0 bridgehead atoms. The van der Waals surface area contributed by atoms with E-state index < -0.39 is 0 Å². The van der Waals surface area contributed by atoms with Crippen LogP contribution in [0.5, 0.6) is 0 Å². The lowest BCUT2D eigenvalue weighted by molar-refractivity contribution is 0.226. The highest BCUT2D eigenvalue weighted by Crippen LogP contribution is 2.26. The van der Waals surface area contributed by atoms with Crippen LogP contribution in [0.3, 0.4) is 0 Å². The van der Waals surface area contributed by atoms with Crippen molar-refractivity contribution in [2.24, 2.45) is 5.92 Å². The van der Waals surface area contributed by atoms with Crippen LogP contribution in [0.2, 0.25) is 0 Å². The predicted octanol–water partition coefficient (Wildman–Crippen LogP) is 3.05. The Balaban J connectivity index is 1.64. The van der Waals surface area contributed by atoms with Crippen LogP contribution in [0.15, 0.2) is 23.7 Å². The van der Waals surface area contributed by atoms with E-state index in [9.17, 15) is 0 Å². The Bertz CT molecular complexity index is 514. The fourth-order valence-corrected chi connectivity index (χ4v) is 3.32. The van der Waals surface area contributed by atoms with E-state index in [2.05, 4.69) is 39.8 Å². The standard InChI is InChI=1S/C14H19N3S/c1-17-7-3-11(4-8-17)10-16-14-12-5-9-18-13(12)2-6-15-14/h2,5-6,9,11H,3-4,7-8,10H2,1H3,(H,15,16). The second kappa shape index (κ2) is 5.24. The van der Waals surface area contributed by atoms with Crippen LogP contribution in [0.1, 0.15) is 12.8 Å². The molecule has 2 aromatic rings. The van der Waals surface area contributed by atoms with Gasteiger partial charge in [0.1, 0.15) is 5.82 Å². The zero-order valence-electron chi connectivity index (χ0n) is 10.7. The summed E-state index contributed by atoms with van der Waals surface area (Å²) in [5, 5.41) is 6.93. The Labute approximate surface area is 112 Å². The van der Waals surface area contributed by atoms with Gasteiger partial charge in [-0.05, 0) is 56.4 Å². The minimum absolute atomic E-state index is 0.789. The topological polar surface area (TPSA) is 28.2 Å². The maximum atomic E-state index is 4.46. The van der Waals surface area contributed by atoms with E-state index in [0.717, 1.165) is 18.3 Å². The summed E-state index contributed by atoms with van der Waals surface area (Å²) >= 11 is 1.78. The van der Waals surface area contributed by atoms with Gasteiger partial charge in [-0.25, -0.2) is 4.98 Å². The van der Waals surface area contributed by atoms with Crippen molar-refractivity contribution in [2.75, 3.05) is 32.0 Å². The number of hydrogen-bond donors (Lipinski definition) is 1. The van der Waals surface area contributed by atoms with E-state index >= 15 is 0 Å². The number of nitrogens with one attached hydrogen (secondary N) is 1. The number of rotatable bonds is 3. The molecule has 1 aliphatic heterocycles. The Morgan fingerprint density at radius 3 is 3.06 bits per heavy atom. The Hall–Kier alpha value is -1.13. The SMILES string of the molecule is CN1CCC(CNc2nccc3sccc23)CC1. The van der Waals surface area contributed by atoms with Crippen LogP contribution >= 0.6 is 11.3 Å². The zero-order chi connectivity index (χ0) is 12.4. The van der Waals surface area contributed by atoms with Crippen LogP contribution in [-0.2, 0) is 0 Å². The summed E-state index contributed by atoms with van der Waals surface area (Å²) in [5.74, 6) is 1.84. The molecule has 3 heterocycles. The molecule has 0 spiro atoms. The van der Waals surface area contributed by atoms with Crippen molar-refractivity contribution in [3.8, 4) is 0 Å². The first-order chi connectivity index (χ1) is 8.83. The number of fused-ring (bicyclic) bond motifs is 1. The Kier molecular flexibility index (Phi) is 3.48. The van der Waals surface area contributed by atoms with Crippen molar-refractivity contribution in [1.29, 1.82) is 0 Å². The third-order valence-electron chi connectivity index (χ3n) is 3.78. The highest BCUT2D eigenvalue weighted by Gasteiger charge is 2.16. The maximum absolute atomic E-state index is 4.46. The molecule has 0 saturated carbocycles. The minimum Gasteiger partial charge on any atom is -0.369 e. The van der Waals surface area contributed by atoms with Gasteiger partial charge in [-0.15, -0.1) is 11.3 Å². The van der Waals surface area contributed by atoms with E-state index in [1.54, 1.807) is 11.3 Å². The second-order valence-electron chi connectivity index (χ2n) is 5.12. The molecule has 3 nitrogen and oxygen atoms in total. The highest BCUT2D eigenvalue weighted by atomic mass is 32.1. The summed E-state index contributed by atoms with van der Waals surface area (Å²) in [6, 6.07) is 4.24. The highest BCUT2D eigenvalue weighted by molar-refractivity contribution is 7.17. The smallest absolute Gasteiger partial charge is 0.134 e. The minimum atomic E-state index is 0.789. The van der Waals surface area contributed by atoms with Crippen molar-refractivity contribution in [1.82, 2.24) is 9.88 Å². The van der Waals surface area contributed by atoms with Crippen LogP contribution in [0, 0.1) is 5.92 Å². The molecule has 1 N–H and O–H groups in total. The number of pyridine rings is 1. The molecule has 96 valence electrons. The summed E-state index contributed by atoms with van der Waals surface area (Å²) < 4.78 is 1.32. The van der Waals surface area contributed by atoms with Gasteiger partial charge in [0, 0.05) is 22.8 Å². The summed E-state index contributed by atoms with van der Waals surface area (Å²) in [6.45, 7) is 3.50. The van der Waals surface area contributed by atoms with Crippen molar-refractivity contribution >= 4 is 27.2 Å². The number of thiophene rings is 1. The number of aromatic nitrogens is 1. The van der Waals surface area contributed by atoms with Gasteiger partial charge < -0.3 is 10.2 Å². The molecule has 1 aliphatic rings. The van der Waals surface area contributed by atoms with E-state index in [-0.39, 0.29) is 0 Å². The van der Waals surface area contributed by atoms with Gasteiger partial charge >= 0.3 is 0 Å². The van der Waals surface area contributed by atoms with Crippen molar-refractivity contribution in [2.45, 2.75) is 12.8 Å². The lowest BCUT2D eigenvalue weighted by Gasteiger charge is -2.29. The first kappa shape index (κ1) is 11.9. The molecular weight excluding hydrogens is 242 g/mol. The molecular formula is C14H19N3S. The quantitative estimate of drug-likeness (QED) is 0.920. The van der Waals surface area contributed by atoms with Gasteiger partial charge in [-0.1, -0.05) is 0 Å². The van der Waals surface area contributed by atoms with Crippen LogP contribution in [0.4, 0.5) is 5.82 Å². The molecule has 18 heavy (non-hydrogen) atoms. The monoisotopic (exact) mass is 261 g/mol. The second-order valence-corrected chi connectivity index (χ2v) is 6.07. The molecule has 0 unspecified atom stereocenters. The van der Waals surface area contributed by atoms with Gasteiger partial charge in [-0.3, -0.25) is 0 Å². The summed E-state index contributed by atoms with van der Waals surface area (Å²) in [5.41, 5.74) is 0. The zero-order valence-corrected chi connectivity index (χ0v) is 11.5. The van der Waals surface area contributed by atoms with Crippen molar-refractivity contribution < 1.29 is 0 Å². The van der Waals surface area contributed by atoms with Crippen molar-refractivity contribution in [3.63, 3.8) is 0 Å². The molecule has 4 heteroatoms. The van der Waals surface area contributed by atoms with Crippen molar-refractivity contribution in [3.05, 3.63) is 23.7 Å². The predicted molar refractivity (Wildman–Crippen MR) is 78.3 cm³/mol. The van der Waals surface area contributed by atoms with E-state index in [0.29, 0.717) is 0 Å². The summed E-state index contributed by atoms with van der Waals surface area (Å²) in [6.07, 6.45) is 4.49. The number of likely N-dealkylation sites (tertiary alicyclic amines) is 1. The lowest BCUT2D eigenvalue weighted by Crippen LogP contribution is -2.33. The molecule has 0 atom stereocenters. The molecule has 0 aliphatic carbocycles. The van der Waals surface area contributed by atoms with Gasteiger partial charge in [0.05, 0.1) is 0 Å². The third kappa shape index (κ3) is 2.49. The average molecular weight is 261 g/mol. The fraction of sp³-hybridized carbons (Fsp3) is 0.500. The number of piperidine rings is 1. The van der Waals surface area contributed by atoms with Crippen LogP contribution < -0.4 is 5.32 Å². The molecule has 0 radical (unpaired) electrons. The van der Waals surface area contributed by atoms with Gasteiger partial charge in [0.25, 0.3) is 0 Å². The average Bonchev–Trinajstić information content (AvgIpc) is 2.87.